The SMILES string of the molecule is CCc1cnccc1-c1nc(C(C)(C)C)c(Br)c(=O)[nH]1. The van der Waals surface area contributed by atoms with Crippen molar-refractivity contribution in [2.45, 2.75) is 39.5 Å². The Morgan fingerprint density at radius 1 is 1.35 bits per heavy atom. The molecule has 4 nitrogen and oxygen atoms in total. The number of nitrogens with one attached hydrogen (secondary N) is 1. The molecule has 2 heterocycles. The van der Waals surface area contributed by atoms with Gasteiger partial charge in [-0.2, -0.15) is 0 Å². The fourth-order valence-corrected chi connectivity index (χ4v) is 2.81. The summed E-state index contributed by atoms with van der Waals surface area (Å²) in [5.41, 5.74) is 2.39. The number of aryl methyl sites for hydroxylation is 1. The van der Waals surface area contributed by atoms with Gasteiger partial charge in [0, 0.05) is 23.4 Å². The predicted molar refractivity (Wildman–Crippen MR) is 83.9 cm³/mol. The van der Waals surface area contributed by atoms with E-state index in [1.807, 2.05) is 33.0 Å². The first-order valence-electron chi connectivity index (χ1n) is 6.58. The molecule has 0 aliphatic carbocycles. The highest BCUT2D eigenvalue weighted by Crippen LogP contribution is 2.28. The largest absolute Gasteiger partial charge is 0.306 e. The molecule has 0 atom stereocenters. The van der Waals surface area contributed by atoms with Crippen LogP contribution in [0.2, 0.25) is 0 Å². The number of pyridine rings is 1. The van der Waals surface area contributed by atoms with Crippen LogP contribution in [0.3, 0.4) is 0 Å². The number of H-pyrrole nitrogens is 1. The maximum atomic E-state index is 12.1. The molecule has 5 heteroatoms. The molecule has 0 bridgehead atoms. The monoisotopic (exact) mass is 335 g/mol. The zero-order chi connectivity index (χ0) is 14.9. The Labute approximate surface area is 126 Å². The highest BCUT2D eigenvalue weighted by molar-refractivity contribution is 9.10. The van der Waals surface area contributed by atoms with Gasteiger partial charge in [0.25, 0.3) is 5.56 Å². The van der Waals surface area contributed by atoms with E-state index in [9.17, 15) is 4.79 Å². The van der Waals surface area contributed by atoms with Crippen molar-refractivity contribution in [2.24, 2.45) is 0 Å². The molecule has 2 aromatic rings. The topological polar surface area (TPSA) is 58.6 Å². The van der Waals surface area contributed by atoms with Gasteiger partial charge in [0.15, 0.2) is 0 Å². The Kier molecular flexibility index (Phi) is 4.09. The van der Waals surface area contributed by atoms with E-state index in [4.69, 9.17) is 0 Å². The zero-order valence-corrected chi connectivity index (χ0v) is 13.7. The van der Waals surface area contributed by atoms with Crippen LogP contribution in [0, 0.1) is 0 Å². The predicted octanol–water partition coefficient (Wildman–Crippen LogP) is 3.45. The number of rotatable bonds is 2. The Morgan fingerprint density at radius 2 is 2.05 bits per heavy atom. The van der Waals surface area contributed by atoms with E-state index < -0.39 is 0 Å². The lowest BCUT2D eigenvalue weighted by Gasteiger charge is -2.20. The molecule has 0 fully saturated rings. The van der Waals surface area contributed by atoms with E-state index >= 15 is 0 Å². The quantitative estimate of drug-likeness (QED) is 0.914. The highest BCUT2D eigenvalue weighted by atomic mass is 79.9. The van der Waals surface area contributed by atoms with E-state index in [2.05, 4.69) is 37.8 Å². The summed E-state index contributed by atoms with van der Waals surface area (Å²) < 4.78 is 0.501. The Balaban J connectivity index is 2.71. The van der Waals surface area contributed by atoms with Crippen molar-refractivity contribution >= 4 is 15.9 Å². The molecule has 0 amide bonds. The third-order valence-electron chi connectivity index (χ3n) is 3.11. The molecule has 0 saturated heterocycles. The van der Waals surface area contributed by atoms with Crippen LogP contribution in [0.1, 0.15) is 39.0 Å². The van der Waals surface area contributed by atoms with E-state index in [-0.39, 0.29) is 11.0 Å². The van der Waals surface area contributed by atoms with Gasteiger partial charge in [0.1, 0.15) is 10.3 Å². The summed E-state index contributed by atoms with van der Waals surface area (Å²) in [6.07, 6.45) is 4.37. The lowest BCUT2D eigenvalue weighted by molar-refractivity contribution is 0.562. The average molecular weight is 336 g/mol. The summed E-state index contributed by atoms with van der Waals surface area (Å²) in [5, 5.41) is 0. The third-order valence-corrected chi connectivity index (χ3v) is 3.85. The first kappa shape index (κ1) is 14.9. The van der Waals surface area contributed by atoms with Crippen molar-refractivity contribution in [3.05, 3.63) is 44.5 Å². The van der Waals surface area contributed by atoms with Crippen LogP contribution >= 0.6 is 15.9 Å². The average Bonchev–Trinajstić information content (AvgIpc) is 2.40. The molecule has 2 aromatic heterocycles. The molecule has 0 aliphatic heterocycles. The number of halogens is 1. The van der Waals surface area contributed by atoms with Crippen molar-refractivity contribution in [2.75, 3.05) is 0 Å². The van der Waals surface area contributed by atoms with Crippen LogP contribution < -0.4 is 5.56 Å². The molecule has 0 aromatic carbocycles. The summed E-state index contributed by atoms with van der Waals surface area (Å²) >= 11 is 3.34. The maximum Gasteiger partial charge on any atom is 0.265 e. The number of nitrogens with zero attached hydrogens (tertiary/aromatic N) is 2. The van der Waals surface area contributed by atoms with Crippen LogP contribution in [0.25, 0.3) is 11.4 Å². The van der Waals surface area contributed by atoms with Crippen molar-refractivity contribution < 1.29 is 0 Å². The lowest BCUT2D eigenvalue weighted by Crippen LogP contribution is -2.22. The Morgan fingerprint density at radius 3 is 2.65 bits per heavy atom. The minimum absolute atomic E-state index is 0.154. The molecule has 0 radical (unpaired) electrons. The van der Waals surface area contributed by atoms with Gasteiger partial charge in [-0.3, -0.25) is 9.78 Å². The van der Waals surface area contributed by atoms with E-state index in [1.165, 1.54) is 0 Å². The molecule has 0 aliphatic rings. The molecular formula is C15H18BrN3O. The van der Waals surface area contributed by atoms with Gasteiger partial charge in [0.2, 0.25) is 0 Å². The molecule has 0 unspecified atom stereocenters. The van der Waals surface area contributed by atoms with Crippen LogP contribution in [0.15, 0.2) is 27.7 Å². The smallest absolute Gasteiger partial charge is 0.265 e. The normalized spacial score (nSPS) is 11.7. The molecule has 20 heavy (non-hydrogen) atoms. The summed E-state index contributed by atoms with van der Waals surface area (Å²) in [6, 6.07) is 1.89. The summed E-state index contributed by atoms with van der Waals surface area (Å²) in [4.78, 5) is 23.7. The van der Waals surface area contributed by atoms with Gasteiger partial charge in [-0.25, -0.2) is 4.98 Å². The van der Waals surface area contributed by atoms with Gasteiger partial charge in [-0.05, 0) is 34.0 Å². The minimum Gasteiger partial charge on any atom is -0.306 e. The van der Waals surface area contributed by atoms with Crippen molar-refractivity contribution in [3.8, 4) is 11.4 Å². The van der Waals surface area contributed by atoms with E-state index in [0.717, 1.165) is 23.2 Å². The minimum atomic E-state index is -0.207. The summed E-state index contributed by atoms with van der Waals surface area (Å²) in [5.74, 6) is 0.599. The number of aromatic amines is 1. The number of hydrogen-bond acceptors (Lipinski definition) is 3. The lowest BCUT2D eigenvalue weighted by atomic mass is 9.92. The molecule has 106 valence electrons. The highest BCUT2D eigenvalue weighted by Gasteiger charge is 2.22. The van der Waals surface area contributed by atoms with Crippen molar-refractivity contribution in [1.82, 2.24) is 15.0 Å². The van der Waals surface area contributed by atoms with Gasteiger partial charge in [0.05, 0.1) is 5.69 Å². The van der Waals surface area contributed by atoms with Crippen molar-refractivity contribution in [3.63, 3.8) is 0 Å². The summed E-state index contributed by atoms with van der Waals surface area (Å²) in [7, 11) is 0. The summed E-state index contributed by atoms with van der Waals surface area (Å²) in [6.45, 7) is 8.17. The number of hydrogen-bond donors (Lipinski definition) is 1. The fraction of sp³-hybridized carbons (Fsp3) is 0.400. The second-order valence-corrected chi connectivity index (χ2v) is 6.51. The van der Waals surface area contributed by atoms with Crippen LogP contribution in [-0.2, 0) is 11.8 Å². The van der Waals surface area contributed by atoms with Crippen LogP contribution in [0.5, 0.6) is 0 Å². The van der Waals surface area contributed by atoms with Gasteiger partial charge >= 0.3 is 0 Å². The maximum absolute atomic E-state index is 12.1. The Hall–Kier alpha value is -1.49. The molecule has 0 spiro atoms. The second kappa shape index (κ2) is 5.48. The standard InChI is InChI=1S/C15H18BrN3O/c1-5-9-8-17-7-6-10(9)13-18-12(15(2,3)4)11(16)14(20)19-13/h6-8H,5H2,1-4H3,(H,18,19,20). The molecule has 0 saturated carbocycles. The first-order valence-corrected chi connectivity index (χ1v) is 7.37. The first-order chi connectivity index (χ1) is 9.34. The van der Waals surface area contributed by atoms with Crippen molar-refractivity contribution in [1.29, 1.82) is 0 Å². The van der Waals surface area contributed by atoms with Gasteiger partial charge < -0.3 is 4.98 Å². The van der Waals surface area contributed by atoms with E-state index in [0.29, 0.717) is 10.3 Å². The molecule has 2 rings (SSSR count). The van der Waals surface area contributed by atoms with Gasteiger partial charge in [-0.1, -0.05) is 27.7 Å². The molecular weight excluding hydrogens is 318 g/mol. The van der Waals surface area contributed by atoms with E-state index in [1.54, 1.807) is 6.20 Å². The Bertz CT molecular complexity index is 686. The fourth-order valence-electron chi connectivity index (χ4n) is 2.02. The zero-order valence-electron chi connectivity index (χ0n) is 12.1. The number of aromatic nitrogens is 3. The third kappa shape index (κ3) is 2.82. The molecule has 1 N–H and O–H groups in total. The van der Waals surface area contributed by atoms with Crippen LogP contribution in [-0.4, -0.2) is 15.0 Å². The second-order valence-electron chi connectivity index (χ2n) is 5.71. The van der Waals surface area contributed by atoms with Crippen LogP contribution in [0.4, 0.5) is 0 Å². The van der Waals surface area contributed by atoms with Gasteiger partial charge in [-0.15, -0.1) is 0 Å².